The molecule has 8 nitrogen and oxygen atoms in total. The van der Waals surface area contributed by atoms with Crippen LogP contribution in [0.1, 0.15) is 15.9 Å². The number of carbonyl (C=O) groups excluding carboxylic acids is 1. The van der Waals surface area contributed by atoms with Gasteiger partial charge in [-0.25, -0.2) is 14.4 Å². The molecule has 0 spiro atoms. The molecular weight excluding hydrogens is 504 g/mol. The quantitative estimate of drug-likeness (QED) is 0.294. The van der Waals surface area contributed by atoms with E-state index in [0.717, 1.165) is 36.2 Å². The van der Waals surface area contributed by atoms with Gasteiger partial charge in [-0.05, 0) is 48.4 Å². The fourth-order valence-electron chi connectivity index (χ4n) is 4.35. The number of imidazole rings is 1. The minimum Gasteiger partial charge on any atom is -0.378 e. The van der Waals surface area contributed by atoms with Crippen molar-refractivity contribution in [1.29, 1.82) is 0 Å². The third-order valence-corrected chi connectivity index (χ3v) is 6.42. The van der Waals surface area contributed by atoms with Crippen molar-refractivity contribution < 1.29 is 27.1 Å². The first-order valence-electron chi connectivity index (χ1n) is 11.8. The number of carbonyl (C=O) groups is 1. The zero-order valence-electron chi connectivity index (χ0n) is 20.6. The monoisotopic (exact) mass is 528 g/mol. The molecule has 1 fully saturated rings. The molecule has 12 heteroatoms. The van der Waals surface area contributed by atoms with Gasteiger partial charge in [0, 0.05) is 56.1 Å². The van der Waals surface area contributed by atoms with Crippen molar-refractivity contribution in [3.63, 3.8) is 0 Å². The molecule has 0 aliphatic carbocycles. The van der Waals surface area contributed by atoms with Gasteiger partial charge in [0.15, 0.2) is 5.65 Å². The molecule has 1 amide bonds. The third-order valence-electron chi connectivity index (χ3n) is 6.42. The van der Waals surface area contributed by atoms with Crippen molar-refractivity contribution >= 4 is 28.7 Å². The lowest BCUT2D eigenvalue weighted by Crippen LogP contribution is -2.36. The second kappa shape index (κ2) is 9.93. The van der Waals surface area contributed by atoms with Crippen LogP contribution < -0.4 is 15.1 Å². The number of hydrogen-bond acceptors (Lipinski definition) is 6. The van der Waals surface area contributed by atoms with Crippen molar-refractivity contribution in [3.8, 4) is 11.1 Å². The van der Waals surface area contributed by atoms with Crippen LogP contribution >= 0.6 is 0 Å². The number of hydrogen-bond donors (Lipinski definition) is 1. The Morgan fingerprint density at radius 1 is 1.11 bits per heavy atom. The van der Waals surface area contributed by atoms with E-state index in [1.807, 2.05) is 22.9 Å². The summed E-state index contributed by atoms with van der Waals surface area (Å²) in [6.07, 6.45) is 1.82. The molecule has 1 aliphatic rings. The molecule has 1 aromatic carbocycles. The second-order valence-corrected chi connectivity index (χ2v) is 8.90. The molecule has 1 N–H and O–H groups in total. The summed E-state index contributed by atoms with van der Waals surface area (Å²) in [4.78, 5) is 23.2. The Morgan fingerprint density at radius 3 is 2.61 bits per heavy atom. The number of alkyl halides is 3. The van der Waals surface area contributed by atoms with Crippen molar-refractivity contribution in [2.45, 2.75) is 13.2 Å². The smallest absolute Gasteiger partial charge is 0.378 e. The van der Waals surface area contributed by atoms with Crippen molar-refractivity contribution in [1.82, 2.24) is 14.4 Å². The Labute approximate surface area is 215 Å². The molecule has 0 bridgehead atoms. The van der Waals surface area contributed by atoms with Gasteiger partial charge in [-0.15, -0.1) is 0 Å². The summed E-state index contributed by atoms with van der Waals surface area (Å²) in [6.45, 7) is 4.36. The average Bonchev–Trinajstić information content (AvgIpc) is 3.38. The van der Waals surface area contributed by atoms with Crippen LogP contribution in [-0.4, -0.2) is 59.9 Å². The van der Waals surface area contributed by atoms with E-state index in [-0.39, 0.29) is 16.2 Å². The lowest BCUT2D eigenvalue weighted by atomic mass is 10.00. The minimum absolute atomic E-state index is 0.00730. The molecule has 5 rings (SSSR count). The highest BCUT2D eigenvalue weighted by Gasteiger charge is 2.35. The van der Waals surface area contributed by atoms with Crippen molar-refractivity contribution in [3.05, 3.63) is 72.1 Å². The van der Waals surface area contributed by atoms with Gasteiger partial charge in [0.2, 0.25) is 0 Å². The normalized spacial score (nSPS) is 14.1. The zero-order chi connectivity index (χ0) is 27.0. The molecule has 3 aromatic heterocycles. The van der Waals surface area contributed by atoms with E-state index in [2.05, 4.69) is 20.2 Å². The number of aryl methyl sites for hydroxylation is 1. The summed E-state index contributed by atoms with van der Waals surface area (Å²) in [5.74, 6) is -1.89. The number of anilines is 3. The minimum atomic E-state index is -4.67. The first-order chi connectivity index (χ1) is 18.1. The molecule has 4 heterocycles. The summed E-state index contributed by atoms with van der Waals surface area (Å²) >= 11 is 0. The molecular formula is C26H24F4N6O2. The third kappa shape index (κ3) is 4.99. The van der Waals surface area contributed by atoms with Crippen LogP contribution in [0.4, 0.5) is 34.8 Å². The SMILES string of the molecule is Cc1cc(F)c(NC(=O)c2ccnc(N(C)C(F)(F)F)c2)cc1-c1cc(N2CCOCC2)c2nccn2c1. The molecule has 0 saturated carbocycles. The van der Waals surface area contributed by atoms with Crippen LogP contribution in [0.25, 0.3) is 16.8 Å². The van der Waals surface area contributed by atoms with E-state index >= 15 is 0 Å². The number of aromatic nitrogens is 3. The highest BCUT2D eigenvalue weighted by atomic mass is 19.4. The van der Waals surface area contributed by atoms with E-state index in [1.54, 1.807) is 13.1 Å². The van der Waals surface area contributed by atoms with Gasteiger partial charge in [-0.3, -0.25) is 9.69 Å². The molecule has 38 heavy (non-hydrogen) atoms. The molecule has 0 unspecified atom stereocenters. The summed E-state index contributed by atoms with van der Waals surface area (Å²) in [5, 5.41) is 2.49. The molecule has 1 aliphatic heterocycles. The number of amides is 1. The number of pyridine rings is 2. The van der Waals surface area contributed by atoms with Gasteiger partial charge in [0.1, 0.15) is 11.6 Å². The number of ether oxygens (including phenoxy) is 1. The van der Waals surface area contributed by atoms with Gasteiger partial charge in [-0.1, -0.05) is 0 Å². The van der Waals surface area contributed by atoms with Gasteiger partial charge in [0.05, 0.1) is 24.6 Å². The Balaban J connectivity index is 1.49. The van der Waals surface area contributed by atoms with Crippen LogP contribution in [-0.2, 0) is 4.74 Å². The fourth-order valence-corrected chi connectivity index (χ4v) is 4.35. The van der Waals surface area contributed by atoms with Gasteiger partial charge in [0.25, 0.3) is 5.91 Å². The maximum atomic E-state index is 14.9. The molecule has 0 radical (unpaired) electrons. The van der Waals surface area contributed by atoms with Crippen LogP contribution in [0.2, 0.25) is 0 Å². The number of morpholine rings is 1. The van der Waals surface area contributed by atoms with Gasteiger partial charge >= 0.3 is 6.30 Å². The first-order valence-corrected chi connectivity index (χ1v) is 11.8. The van der Waals surface area contributed by atoms with Crippen molar-refractivity contribution in [2.75, 3.05) is 48.5 Å². The summed E-state index contributed by atoms with van der Waals surface area (Å²) in [7, 11) is 0.804. The van der Waals surface area contributed by atoms with Crippen LogP contribution in [0.3, 0.4) is 0 Å². The number of benzene rings is 1. The predicted molar refractivity (Wildman–Crippen MR) is 135 cm³/mol. The highest BCUT2D eigenvalue weighted by Crippen LogP contribution is 2.34. The summed E-state index contributed by atoms with van der Waals surface area (Å²) < 4.78 is 61.5. The first kappa shape index (κ1) is 25.5. The standard InChI is InChI=1S/C26H24F4N6O2/c1-16-11-20(27)21(33-25(37)17-3-4-31-23(13-17)34(2)26(28,29)30)14-19(16)18-12-22(35-7-9-38-10-8-35)24-32-5-6-36(24)15-18/h3-6,11-15H,7-10H2,1-2H3,(H,33,37). The Hall–Kier alpha value is -4.19. The summed E-state index contributed by atoms with van der Waals surface area (Å²) in [5.41, 5.74) is 3.59. The van der Waals surface area contributed by atoms with Crippen LogP contribution in [0.15, 0.2) is 55.1 Å². The van der Waals surface area contributed by atoms with Gasteiger partial charge in [-0.2, -0.15) is 13.2 Å². The lowest BCUT2D eigenvalue weighted by Gasteiger charge is -2.29. The number of halogens is 4. The van der Waals surface area contributed by atoms with Crippen LogP contribution in [0.5, 0.6) is 0 Å². The zero-order valence-corrected chi connectivity index (χ0v) is 20.6. The maximum absolute atomic E-state index is 14.9. The summed E-state index contributed by atoms with van der Waals surface area (Å²) in [6, 6.07) is 7.07. The Bertz CT molecular complexity index is 1500. The van der Waals surface area contributed by atoms with Crippen molar-refractivity contribution in [2.24, 2.45) is 0 Å². The topological polar surface area (TPSA) is 75.0 Å². The molecule has 1 saturated heterocycles. The van der Waals surface area contributed by atoms with E-state index in [4.69, 9.17) is 4.74 Å². The molecule has 198 valence electrons. The number of nitrogens with one attached hydrogen (secondary N) is 1. The average molecular weight is 529 g/mol. The molecule has 0 atom stereocenters. The number of fused-ring (bicyclic) bond motifs is 1. The van der Waals surface area contributed by atoms with E-state index < -0.39 is 23.8 Å². The van der Waals surface area contributed by atoms with E-state index in [9.17, 15) is 22.4 Å². The van der Waals surface area contributed by atoms with E-state index in [1.165, 1.54) is 18.2 Å². The Morgan fingerprint density at radius 2 is 1.87 bits per heavy atom. The number of nitrogens with zero attached hydrogens (tertiary/aromatic N) is 5. The van der Waals surface area contributed by atoms with E-state index in [0.29, 0.717) is 37.4 Å². The maximum Gasteiger partial charge on any atom is 0.485 e. The Kier molecular flexibility index (Phi) is 6.66. The predicted octanol–water partition coefficient (Wildman–Crippen LogP) is 4.89. The largest absolute Gasteiger partial charge is 0.485 e. The van der Waals surface area contributed by atoms with Gasteiger partial charge < -0.3 is 19.4 Å². The highest BCUT2D eigenvalue weighted by molar-refractivity contribution is 6.05. The number of rotatable bonds is 5. The lowest BCUT2D eigenvalue weighted by molar-refractivity contribution is -0.126. The second-order valence-electron chi connectivity index (χ2n) is 8.90. The fraction of sp³-hybridized carbons (Fsp3) is 0.269. The van der Waals surface area contributed by atoms with Crippen LogP contribution in [0, 0.1) is 12.7 Å². The molecule has 4 aromatic rings.